The minimum atomic E-state index is -3.93. The summed E-state index contributed by atoms with van der Waals surface area (Å²) in [4.78, 5) is 48.8. The molecule has 5 atom stereocenters. The number of methoxy groups -OCH3 is 1. The van der Waals surface area contributed by atoms with Gasteiger partial charge in [0.05, 0.1) is 34.7 Å². The maximum Gasteiger partial charge on any atom is 0.274 e. The molecule has 272 valence electrons. The fourth-order valence-electron chi connectivity index (χ4n) is 7.04. The molecular weight excluding hydrogens is 691 g/mol. The second-order valence-electron chi connectivity index (χ2n) is 14.4. The highest BCUT2D eigenvalue weighted by Crippen LogP contribution is 2.47. The Morgan fingerprint density at radius 1 is 1.12 bits per heavy atom. The van der Waals surface area contributed by atoms with Gasteiger partial charge in [-0.25, -0.2) is 13.4 Å². The molecular formula is C37H45N5O7S2. The van der Waals surface area contributed by atoms with Gasteiger partial charge in [-0.05, 0) is 69.2 Å². The largest absolute Gasteiger partial charge is 0.497 e. The Hall–Kier alpha value is -4.01. The van der Waals surface area contributed by atoms with Crippen LogP contribution in [-0.4, -0.2) is 78.2 Å². The van der Waals surface area contributed by atoms with Crippen LogP contribution in [0.3, 0.4) is 0 Å². The first-order valence-electron chi connectivity index (χ1n) is 17.7. The molecule has 0 unspecified atom stereocenters. The van der Waals surface area contributed by atoms with E-state index in [2.05, 4.69) is 20.3 Å². The van der Waals surface area contributed by atoms with Crippen LogP contribution in [0.1, 0.15) is 70.3 Å². The number of hydrogen-bond donors (Lipinski definition) is 3. The molecule has 14 heteroatoms. The third-order valence-electron chi connectivity index (χ3n) is 10.7. The van der Waals surface area contributed by atoms with Gasteiger partial charge in [0.25, 0.3) is 11.1 Å². The summed E-state index contributed by atoms with van der Waals surface area (Å²) in [6.07, 6.45) is 8.77. The van der Waals surface area contributed by atoms with Gasteiger partial charge in [0.1, 0.15) is 23.4 Å². The molecule has 3 aromatic rings. The second-order valence-corrected chi connectivity index (χ2v) is 17.6. The molecule has 12 nitrogen and oxygen atoms in total. The normalized spacial score (nSPS) is 27.8. The van der Waals surface area contributed by atoms with Crippen molar-refractivity contribution in [2.75, 3.05) is 13.7 Å². The highest BCUT2D eigenvalue weighted by molar-refractivity contribution is 7.91. The van der Waals surface area contributed by atoms with Crippen LogP contribution in [0.5, 0.6) is 10.9 Å². The molecule has 2 aliphatic heterocycles. The number of aromatic nitrogens is 1. The lowest BCUT2D eigenvalue weighted by Crippen LogP contribution is -2.58. The predicted octanol–water partition coefficient (Wildman–Crippen LogP) is 4.21. The van der Waals surface area contributed by atoms with Crippen molar-refractivity contribution in [1.82, 2.24) is 25.2 Å². The standard InChI is InChI=1S/C37H45N5O7S2/c1-36(17-18-36)51(46,47)41-34(45)37-21-25(37)13-9-4-3-5-10-14-29(38-22-24-11-7-6-8-12-24)33(44)42-23-27(19-30(42)32(43)40-37)49-35-39-28-16-15-26(48-2)20-31(28)50-35/h6-9,11-13,15-16,20,25,27,29-30,38H,3-5,10,14,17-19,21-23H2,1-2H3,(H,40,43)(H,41,45)/t25-,27-,29+,30+,37-/m1/s1. The summed E-state index contributed by atoms with van der Waals surface area (Å²) in [6.45, 7) is 2.25. The summed E-state index contributed by atoms with van der Waals surface area (Å²) < 4.78 is 40.1. The van der Waals surface area contributed by atoms with Gasteiger partial charge in [0.15, 0.2) is 0 Å². The van der Waals surface area contributed by atoms with Crippen LogP contribution in [-0.2, 0) is 31.0 Å². The molecule has 0 spiro atoms. The monoisotopic (exact) mass is 735 g/mol. The van der Waals surface area contributed by atoms with Crippen molar-refractivity contribution in [3.8, 4) is 10.9 Å². The quantitative estimate of drug-likeness (QED) is 0.274. The van der Waals surface area contributed by atoms with Crippen LogP contribution in [0.4, 0.5) is 0 Å². The zero-order chi connectivity index (χ0) is 35.8. The number of nitrogens with zero attached hydrogens (tertiary/aromatic N) is 2. The van der Waals surface area contributed by atoms with E-state index < -0.39 is 50.3 Å². The van der Waals surface area contributed by atoms with Gasteiger partial charge in [-0.2, -0.15) is 0 Å². The molecule has 7 rings (SSSR count). The summed E-state index contributed by atoms with van der Waals surface area (Å²) in [5, 5.41) is 6.83. The van der Waals surface area contributed by atoms with Crippen molar-refractivity contribution in [3.05, 3.63) is 66.2 Å². The van der Waals surface area contributed by atoms with Crippen molar-refractivity contribution in [3.63, 3.8) is 0 Å². The third-order valence-corrected chi connectivity index (χ3v) is 13.8. The van der Waals surface area contributed by atoms with Gasteiger partial charge >= 0.3 is 0 Å². The maximum atomic E-state index is 14.5. The van der Waals surface area contributed by atoms with Crippen molar-refractivity contribution in [1.29, 1.82) is 0 Å². The number of benzene rings is 2. The van der Waals surface area contributed by atoms with Gasteiger partial charge in [-0.1, -0.05) is 66.7 Å². The molecule has 3 N–H and O–H groups in total. The number of carbonyl (C=O) groups excluding carboxylic acids is 3. The number of carbonyl (C=O) groups is 3. The number of ether oxygens (including phenoxy) is 2. The lowest BCUT2D eigenvalue weighted by atomic mass is 10.0. The number of hydrogen-bond acceptors (Lipinski definition) is 10. The molecule has 0 radical (unpaired) electrons. The van der Waals surface area contributed by atoms with Gasteiger partial charge < -0.3 is 25.0 Å². The van der Waals surface area contributed by atoms with E-state index in [0.29, 0.717) is 36.8 Å². The zero-order valence-corrected chi connectivity index (χ0v) is 30.6. The van der Waals surface area contributed by atoms with E-state index in [1.165, 1.54) is 11.3 Å². The van der Waals surface area contributed by atoms with Crippen LogP contribution in [0.25, 0.3) is 10.2 Å². The molecule has 3 fully saturated rings. The number of fused-ring (bicyclic) bond motifs is 3. The highest BCUT2D eigenvalue weighted by Gasteiger charge is 2.63. The first-order chi connectivity index (χ1) is 24.5. The van der Waals surface area contributed by atoms with E-state index in [1.54, 1.807) is 18.9 Å². The van der Waals surface area contributed by atoms with Crippen LogP contribution in [0.15, 0.2) is 60.7 Å². The highest BCUT2D eigenvalue weighted by atomic mass is 32.2. The molecule has 4 aliphatic rings. The second kappa shape index (κ2) is 14.2. The fraction of sp³-hybridized carbons (Fsp3) is 0.514. The number of sulfonamides is 1. The first kappa shape index (κ1) is 35.4. The van der Waals surface area contributed by atoms with Crippen LogP contribution < -0.4 is 24.8 Å². The minimum absolute atomic E-state index is 0.148. The Morgan fingerprint density at radius 2 is 1.92 bits per heavy atom. The van der Waals surface area contributed by atoms with Crippen molar-refractivity contribution in [2.45, 2.75) is 99.7 Å². The maximum absolute atomic E-state index is 14.5. The Labute approximate surface area is 302 Å². The molecule has 2 aromatic carbocycles. The zero-order valence-electron chi connectivity index (χ0n) is 28.9. The van der Waals surface area contributed by atoms with Crippen LogP contribution >= 0.6 is 11.3 Å². The smallest absolute Gasteiger partial charge is 0.274 e. The van der Waals surface area contributed by atoms with E-state index in [0.717, 1.165) is 41.5 Å². The number of nitrogens with one attached hydrogen (secondary N) is 3. The Kier molecular flexibility index (Phi) is 9.85. The van der Waals surface area contributed by atoms with Gasteiger partial charge in [-0.15, -0.1) is 0 Å². The molecule has 3 amide bonds. The van der Waals surface area contributed by atoms with E-state index >= 15 is 0 Å². The van der Waals surface area contributed by atoms with E-state index in [-0.39, 0.29) is 31.2 Å². The van der Waals surface area contributed by atoms with Crippen molar-refractivity contribution < 1.29 is 32.3 Å². The summed E-state index contributed by atoms with van der Waals surface area (Å²) in [7, 11) is -2.33. The Balaban J connectivity index is 1.16. The molecule has 0 bridgehead atoms. The van der Waals surface area contributed by atoms with E-state index in [4.69, 9.17) is 9.47 Å². The Bertz CT molecular complexity index is 1930. The van der Waals surface area contributed by atoms with Gasteiger partial charge in [0, 0.05) is 18.9 Å². The van der Waals surface area contributed by atoms with E-state index in [1.807, 2.05) is 60.7 Å². The number of thiazole rings is 1. The van der Waals surface area contributed by atoms with Crippen molar-refractivity contribution >= 4 is 49.3 Å². The van der Waals surface area contributed by atoms with E-state index in [9.17, 15) is 22.8 Å². The molecule has 1 saturated heterocycles. The van der Waals surface area contributed by atoms with Crippen LogP contribution in [0, 0.1) is 5.92 Å². The van der Waals surface area contributed by atoms with Gasteiger partial charge in [0.2, 0.25) is 21.8 Å². The molecule has 2 aliphatic carbocycles. The van der Waals surface area contributed by atoms with Gasteiger partial charge in [-0.3, -0.25) is 19.1 Å². The summed E-state index contributed by atoms with van der Waals surface area (Å²) in [6, 6.07) is 13.9. The SMILES string of the molecule is COc1ccc2nc(O[C@@H]3C[C@H]4C(=O)N[C@]5(C(=O)NS(=O)(=O)C6(C)CC6)C[C@H]5C=CCCCCC[C@H](NCc5ccccc5)C(=O)N4C3)sc2c1. The Morgan fingerprint density at radius 3 is 2.69 bits per heavy atom. The minimum Gasteiger partial charge on any atom is -0.497 e. The average molecular weight is 736 g/mol. The number of rotatable bonds is 9. The topological polar surface area (TPSA) is 156 Å². The predicted molar refractivity (Wildman–Crippen MR) is 194 cm³/mol. The van der Waals surface area contributed by atoms with Crippen molar-refractivity contribution in [2.24, 2.45) is 5.92 Å². The number of allylic oxidation sites excluding steroid dienone is 1. The van der Waals surface area contributed by atoms with Crippen LogP contribution in [0.2, 0.25) is 0 Å². The summed E-state index contributed by atoms with van der Waals surface area (Å²) in [5.41, 5.74) is 0.355. The summed E-state index contributed by atoms with van der Waals surface area (Å²) in [5.74, 6) is -1.13. The first-order valence-corrected chi connectivity index (χ1v) is 20.0. The fourth-order valence-corrected chi connectivity index (χ4v) is 9.26. The molecule has 3 heterocycles. The molecule has 51 heavy (non-hydrogen) atoms. The third kappa shape index (κ3) is 7.49. The molecule has 2 saturated carbocycles. The lowest BCUT2D eigenvalue weighted by molar-refractivity contribution is -0.141. The average Bonchev–Trinajstić information content (AvgIpc) is 3.93. The molecule has 1 aromatic heterocycles. The number of amides is 3. The summed E-state index contributed by atoms with van der Waals surface area (Å²) >= 11 is 1.36. The lowest BCUT2D eigenvalue weighted by Gasteiger charge is -2.30.